The van der Waals surface area contributed by atoms with Crippen molar-refractivity contribution in [1.29, 1.82) is 0 Å². The van der Waals surface area contributed by atoms with E-state index in [-0.39, 0.29) is 11.1 Å². The quantitative estimate of drug-likeness (QED) is 0.811. The van der Waals surface area contributed by atoms with Crippen molar-refractivity contribution in [1.82, 2.24) is 4.31 Å². The van der Waals surface area contributed by atoms with Crippen LogP contribution in [0.15, 0.2) is 21.5 Å². The summed E-state index contributed by atoms with van der Waals surface area (Å²) in [5.41, 5.74) is -0.712. The third kappa shape index (κ3) is 3.79. The maximum Gasteiger partial charge on any atom is 0.338 e. The Hall–Kier alpha value is -1.03. The molecule has 0 fully saturated rings. The summed E-state index contributed by atoms with van der Waals surface area (Å²) in [5, 5.41) is 8.92. The van der Waals surface area contributed by atoms with E-state index in [1.807, 2.05) is 0 Å². The van der Waals surface area contributed by atoms with Crippen molar-refractivity contribution in [3.63, 3.8) is 0 Å². The number of hydrogen-bond donors (Lipinski definition) is 1. The summed E-state index contributed by atoms with van der Waals surface area (Å²) in [4.78, 5) is 10.3. The van der Waals surface area contributed by atoms with Crippen LogP contribution in [0, 0.1) is 5.82 Å². The molecule has 0 heterocycles. The number of halogens is 2. The van der Waals surface area contributed by atoms with E-state index in [1.54, 1.807) is 6.92 Å². The molecule has 0 saturated heterocycles. The number of rotatable bonds is 6. The van der Waals surface area contributed by atoms with Crippen molar-refractivity contribution in [3.8, 4) is 0 Å². The second kappa shape index (κ2) is 6.82. The second-order valence-corrected chi connectivity index (χ2v) is 7.28. The van der Waals surface area contributed by atoms with Crippen molar-refractivity contribution in [2.24, 2.45) is 0 Å². The number of benzene rings is 1. The first-order valence-electron chi connectivity index (χ1n) is 5.82. The second-order valence-electron chi connectivity index (χ2n) is 4.40. The molecular formula is C12H15BrFNO5S. The van der Waals surface area contributed by atoms with Crippen LogP contribution in [0.25, 0.3) is 0 Å². The zero-order valence-corrected chi connectivity index (χ0v) is 14.0. The van der Waals surface area contributed by atoms with E-state index >= 15 is 0 Å². The maximum absolute atomic E-state index is 14.2. The monoisotopic (exact) mass is 383 g/mol. The number of ether oxygens (including phenoxy) is 1. The van der Waals surface area contributed by atoms with Crippen LogP contribution in [-0.2, 0) is 14.8 Å². The normalized spacial score (nSPS) is 13.4. The molecule has 0 amide bonds. The van der Waals surface area contributed by atoms with Crippen molar-refractivity contribution < 1.29 is 27.4 Å². The highest BCUT2D eigenvalue weighted by molar-refractivity contribution is 9.10. The molecule has 0 aliphatic heterocycles. The molecule has 1 rings (SSSR count). The first-order valence-corrected chi connectivity index (χ1v) is 8.05. The Kier molecular flexibility index (Phi) is 5.85. The average molecular weight is 384 g/mol. The van der Waals surface area contributed by atoms with E-state index in [9.17, 15) is 17.6 Å². The number of carboxylic acid groups (broad SMARTS) is 1. The summed E-state index contributed by atoms with van der Waals surface area (Å²) in [6, 6.07) is 1.51. The fourth-order valence-corrected chi connectivity index (χ4v) is 3.71. The predicted molar refractivity (Wildman–Crippen MR) is 77.3 cm³/mol. The Morgan fingerprint density at radius 1 is 1.52 bits per heavy atom. The lowest BCUT2D eigenvalue weighted by Gasteiger charge is -2.24. The van der Waals surface area contributed by atoms with Gasteiger partial charge in [-0.2, -0.15) is 4.31 Å². The summed E-state index contributed by atoms with van der Waals surface area (Å²) >= 11 is 2.99. The molecule has 1 aromatic carbocycles. The van der Waals surface area contributed by atoms with E-state index < -0.39 is 38.3 Å². The van der Waals surface area contributed by atoms with Gasteiger partial charge in [0.15, 0.2) is 5.82 Å². The van der Waals surface area contributed by atoms with Crippen LogP contribution in [-0.4, -0.2) is 50.6 Å². The molecule has 1 aromatic rings. The summed E-state index contributed by atoms with van der Waals surface area (Å²) in [5.74, 6) is -2.83. The maximum atomic E-state index is 14.2. The number of methoxy groups -OCH3 is 1. The van der Waals surface area contributed by atoms with Crippen LogP contribution >= 0.6 is 15.9 Å². The summed E-state index contributed by atoms with van der Waals surface area (Å²) in [7, 11) is -1.49. The molecule has 21 heavy (non-hydrogen) atoms. The lowest BCUT2D eigenvalue weighted by atomic mass is 10.2. The fourth-order valence-electron chi connectivity index (χ4n) is 1.65. The molecule has 0 spiro atoms. The molecular weight excluding hydrogens is 369 g/mol. The van der Waals surface area contributed by atoms with Gasteiger partial charge in [-0.3, -0.25) is 0 Å². The first-order chi connectivity index (χ1) is 9.62. The molecule has 0 bridgehead atoms. The topological polar surface area (TPSA) is 83.9 Å². The Balaban J connectivity index is 3.42. The Bertz CT molecular complexity index is 649. The van der Waals surface area contributed by atoms with Gasteiger partial charge in [0.25, 0.3) is 0 Å². The molecule has 118 valence electrons. The number of carbonyl (C=O) groups is 1. The Labute approximate surface area is 130 Å². The number of nitrogens with zero attached hydrogens (tertiary/aromatic N) is 1. The smallest absolute Gasteiger partial charge is 0.338 e. The average Bonchev–Trinajstić information content (AvgIpc) is 2.39. The van der Waals surface area contributed by atoms with Gasteiger partial charge in [0.1, 0.15) is 4.90 Å². The molecule has 0 aliphatic carbocycles. The highest BCUT2D eigenvalue weighted by atomic mass is 79.9. The number of likely N-dealkylation sites (N-methyl/N-ethyl adjacent to an activating group) is 1. The summed E-state index contributed by atoms with van der Waals surface area (Å²) in [6.07, 6.45) is 0. The molecule has 1 N–H and O–H groups in total. The van der Waals surface area contributed by atoms with E-state index in [0.29, 0.717) is 0 Å². The van der Waals surface area contributed by atoms with Gasteiger partial charge in [-0.1, -0.05) is 15.9 Å². The molecule has 0 saturated carbocycles. The van der Waals surface area contributed by atoms with Crippen molar-refractivity contribution in [2.45, 2.75) is 17.9 Å². The van der Waals surface area contributed by atoms with Gasteiger partial charge in [-0.25, -0.2) is 17.6 Å². The van der Waals surface area contributed by atoms with E-state index in [4.69, 9.17) is 9.84 Å². The third-order valence-corrected chi connectivity index (χ3v) is 5.35. The van der Waals surface area contributed by atoms with Crippen molar-refractivity contribution >= 4 is 31.9 Å². The van der Waals surface area contributed by atoms with Crippen LogP contribution in [0.5, 0.6) is 0 Å². The van der Waals surface area contributed by atoms with Gasteiger partial charge < -0.3 is 9.84 Å². The zero-order chi connectivity index (χ0) is 16.4. The molecule has 0 aliphatic rings. The van der Waals surface area contributed by atoms with Gasteiger partial charge in [0.05, 0.1) is 12.2 Å². The largest absolute Gasteiger partial charge is 0.478 e. The van der Waals surface area contributed by atoms with Crippen LogP contribution in [0.3, 0.4) is 0 Å². The number of sulfonamides is 1. The SMILES string of the molecule is COCC(C)N(C)S(=O)(=O)c1cc(Br)cc(C(=O)O)c1F. The molecule has 9 heteroatoms. The third-order valence-electron chi connectivity index (χ3n) is 2.92. The van der Waals surface area contributed by atoms with Gasteiger partial charge >= 0.3 is 5.97 Å². The van der Waals surface area contributed by atoms with Crippen LogP contribution in [0.4, 0.5) is 4.39 Å². The number of hydrogen-bond acceptors (Lipinski definition) is 4. The summed E-state index contributed by atoms with van der Waals surface area (Å²) < 4.78 is 45.0. The Morgan fingerprint density at radius 2 is 2.10 bits per heavy atom. The predicted octanol–water partition coefficient (Wildman–Crippen LogP) is 1.94. The fraction of sp³-hybridized carbons (Fsp3) is 0.417. The standard InChI is InChI=1S/C12H15BrFNO5S/c1-7(6-20-3)15(2)21(18,19)10-5-8(13)4-9(11(10)14)12(16)17/h4-5,7H,6H2,1-3H3,(H,16,17). The van der Waals surface area contributed by atoms with Gasteiger partial charge in [-0.05, 0) is 19.1 Å². The molecule has 1 unspecified atom stereocenters. The van der Waals surface area contributed by atoms with Crippen molar-refractivity contribution in [3.05, 3.63) is 28.0 Å². The Morgan fingerprint density at radius 3 is 2.57 bits per heavy atom. The van der Waals surface area contributed by atoms with E-state index in [2.05, 4.69) is 15.9 Å². The highest BCUT2D eigenvalue weighted by Gasteiger charge is 2.31. The van der Waals surface area contributed by atoms with E-state index in [1.165, 1.54) is 14.2 Å². The molecule has 1 atom stereocenters. The number of aromatic carboxylic acids is 1. The minimum Gasteiger partial charge on any atom is -0.478 e. The molecule has 6 nitrogen and oxygen atoms in total. The zero-order valence-electron chi connectivity index (χ0n) is 11.6. The first kappa shape index (κ1) is 18.0. The number of carboxylic acids is 1. The van der Waals surface area contributed by atoms with Crippen LogP contribution in [0.2, 0.25) is 0 Å². The van der Waals surface area contributed by atoms with Crippen LogP contribution < -0.4 is 0 Å². The van der Waals surface area contributed by atoms with Gasteiger partial charge in [0.2, 0.25) is 10.0 Å². The highest BCUT2D eigenvalue weighted by Crippen LogP contribution is 2.27. The molecule has 0 radical (unpaired) electrons. The van der Waals surface area contributed by atoms with Gasteiger partial charge in [-0.15, -0.1) is 0 Å². The van der Waals surface area contributed by atoms with Crippen molar-refractivity contribution in [2.75, 3.05) is 20.8 Å². The lowest BCUT2D eigenvalue weighted by Crippen LogP contribution is -2.38. The minimum absolute atomic E-state index is 0.122. The van der Waals surface area contributed by atoms with Crippen LogP contribution in [0.1, 0.15) is 17.3 Å². The minimum atomic E-state index is -4.18. The van der Waals surface area contributed by atoms with Gasteiger partial charge in [0, 0.05) is 24.7 Å². The summed E-state index contributed by atoms with van der Waals surface area (Å²) in [6.45, 7) is 1.71. The van der Waals surface area contributed by atoms with E-state index in [0.717, 1.165) is 16.4 Å². The molecule has 0 aromatic heterocycles. The lowest BCUT2D eigenvalue weighted by molar-refractivity contribution is 0.0691.